The number of anilines is 2. The molecular formula is C25H25N5O4. The standard InChI is InChI=1S/C25H25N5O4/c1-34-19-11-9-18(10-12-19)30-23-20(22(27-30)24(26)32)13-15-29(25(23)33)17-7-5-16(6-8-17)28-14-3-2-4-21(28)31/h5-12H,2-4,13-15H2,1H3,(H2,26,32)/i1D3,2D2,3D2,5D,6D,7D,8D. The van der Waals surface area contributed by atoms with Crippen LogP contribution in [0.1, 0.15) is 60.8 Å². The Hall–Kier alpha value is -4.14. The zero-order chi connectivity index (χ0) is 33.4. The summed E-state index contributed by atoms with van der Waals surface area (Å²) in [6.07, 6.45) is -5.99. The molecule has 3 amide bonds. The molecule has 0 radical (unpaired) electrons. The Labute approximate surface area is 212 Å². The lowest BCUT2D eigenvalue weighted by Gasteiger charge is -2.29. The van der Waals surface area contributed by atoms with E-state index < -0.39 is 86.0 Å². The maximum Gasteiger partial charge on any atom is 0.277 e. The second-order valence-electron chi connectivity index (χ2n) is 7.46. The van der Waals surface area contributed by atoms with Crippen molar-refractivity contribution in [2.45, 2.75) is 25.6 Å². The smallest absolute Gasteiger partial charge is 0.277 e. The van der Waals surface area contributed by atoms with Crippen LogP contribution in [0.2, 0.25) is 0 Å². The maximum absolute atomic E-state index is 14.0. The fourth-order valence-electron chi connectivity index (χ4n) is 3.84. The molecule has 3 heterocycles. The van der Waals surface area contributed by atoms with Gasteiger partial charge in [0.05, 0.1) is 22.3 Å². The Morgan fingerprint density at radius 3 is 2.41 bits per heavy atom. The zero-order valence-electron chi connectivity index (χ0n) is 28.6. The van der Waals surface area contributed by atoms with E-state index >= 15 is 0 Å². The van der Waals surface area contributed by atoms with Crippen LogP contribution in [0.25, 0.3) is 5.69 Å². The van der Waals surface area contributed by atoms with E-state index in [-0.39, 0.29) is 41.4 Å². The molecule has 2 N–H and O–H groups in total. The first-order valence-electron chi connectivity index (χ1n) is 15.7. The number of fused-ring (bicyclic) bond motifs is 1. The minimum atomic E-state index is -2.71. The molecule has 1 aromatic heterocycles. The molecule has 9 heteroatoms. The highest BCUT2D eigenvalue weighted by molar-refractivity contribution is 6.09. The summed E-state index contributed by atoms with van der Waals surface area (Å²) < 4.78 is 94.2. The number of aromatic nitrogens is 2. The van der Waals surface area contributed by atoms with Gasteiger partial charge in [-0.1, -0.05) is 0 Å². The first-order chi connectivity index (χ1) is 20.8. The van der Waals surface area contributed by atoms with Crippen molar-refractivity contribution in [3.8, 4) is 11.4 Å². The molecule has 5 rings (SSSR count). The summed E-state index contributed by atoms with van der Waals surface area (Å²) in [6.45, 7) is -1.06. The molecule has 0 atom stereocenters. The van der Waals surface area contributed by atoms with Gasteiger partial charge in [0, 0.05) is 41.9 Å². The van der Waals surface area contributed by atoms with Gasteiger partial charge in [0.1, 0.15) is 11.4 Å². The molecule has 2 aromatic carbocycles. The molecule has 2 aliphatic rings. The van der Waals surface area contributed by atoms with Crippen LogP contribution in [0.5, 0.6) is 5.75 Å². The van der Waals surface area contributed by atoms with Crippen molar-refractivity contribution in [3.63, 3.8) is 0 Å². The number of nitrogens with zero attached hydrogens (tertiary/aromatic N) is 4. The number of hydrogen-bond acceptors (Lipinski definition) is 5. The second-order valence-corrected chi connectivity index (χ2v) is 7.46. The van der Waals surface area contributed by atoms with Crippen LogP contribution in [-0.4, -0.2) is 47.6 Å². The average Bonchev–Trinajstić information content (AvgIpc) is 3.32. The van der Waals surface area contributed by atoms with Crippen LogP contribution in [0.15, 0.2) is 48.4 Å². The molecule has 0 spiro atoms. The Balaban J connectivity index is 1.58. The van der Waals surface area contributed by atoms with Crippen LogP contribution in [0.3, 0.4) is 0 Å². The Morgan fingerprint density at radius 2 is 1.74 bits per heavy atom. The first-order valence-corrected chi connectivity index (χ1v) is 10.2. The van der Waals surface area contributed by atoms with Gasteiger partial charge in [-0.2, -0.15) is 5.10 Å². The highest BCUT2D eigenvalue weighted by Crippen LogP contribution is 2.31. The number of rotatable bonds is 5. The predicted molar refractivity (Wildman–Crippen MR) is 127 cm³/mol. The third-order valence-corrected chi connectivity index (χ3v) is 5.49. The van der Waals surface area contributed by atoms with Gasteiger partial charge >= 0.3 is 0 Å². The molecule has 0 aliphatic carbocycles. The van der Waals surface area contributed by atoms with Crippen molar-refractivity contribution in [2.75, 3.05) is 29.9 Å². The topological polar surface area (TPSA) is 111 Å². The van der Waals surface area contributed by atoms with Crippen LogP contribution >= 0.6 is 0 Å². The fourth-order valence-corrected chi connectivity index (χ4v) is 3.84. The third-order valence-electron chi connectivity index (χ3n) is 5.49. The van der Waals surface area contributed by atoms with E-state index in [4.69, 9.17) is 25.5 Å². The summed E-state index contributed by atoms with van der Waals surface area (Å²) in [5, 5.41) is 4.20. The van der Waals surface area contributed by atoms with E-state index in [0.29, 0.717) is 4.90 Å². The lowest BCUT2D eigenvalue weighted by Crippen LogP contribution is -2.39. The summed E-state index contributed by atoms with van der Waals surface area (Å²) in [6, 6.07) is 2.47. The van der Waals surface area contributed by atoms with Gasteiger partial charge in [-0.05, 0) is 67.6 Å². The van der Waals surface area contributed by atoms with Crippen molar-refractivity contribution in [2.24, 2.45) is 5.73 Å². The monoisotopic (exact) mass is 470 g/mol. The van der Waals surface area contributed by atoms with E-state index in [0.717, 1.165) is 9.58 Å². The van der Waals surface area contributed by atoms with E-state index in [1.165, 1.54) is 24.3 Å². The number of methoxy groups -OCH3 is 1. The van der Waals surface area contributed by atoms with Crippen LogP contribution in [0.4, 0.5) is 11.4 Å². The molecular weight excluding hydrogens is 434 g/mol. The van der Waals surface area contributed by atoms with Gasteiger partial charge in [-0.25, -0.2) is 4.68 Å². The molecule has 2 aliphatic heterocycles. The summed E-state index contributed by atoms with van der Waals surface area (Å²) in [7, 11) is -2.71. The van der Waals surface area contributed by atoms with Gasteiger partial charge < -0.3 is 20.3 Å². The lowest BCUT2D eigenvalue weighted by atomic mass is 10.0. The lowest BCUT2D eigenvalue weighted by molar-refractivity contribution is -0.119. The molecule has 3 aromatic rings. The van der Waals surface area contributed by atoms with Crippen LogP contribution in [-0.2, 0) is 11.2 Å². The van der Waals surface area contributed by atoms with Crippen molar-refractivity contribution in [3.05, 3.63) is 65.4 Å². The van der Waals surface area contributed by atoms with Gasteiger partial charge in [-0.15, -0.1) is 0 Å². The predicted octanol–water partition coefficient (Wildman–Crippen LogP) is 2.70. The molecule has 1 saturated heterocycles. The van der Waals surface area contributed by atoms with Gasteiger partial charge in [0.25, 0.3) is 11.8 Å². The molecule has 34 heavy (non-hydrogen) atoms. The maximum atomic E-state index is 14.0. The number of benzene rings is 2. The largest absolute Gasteiger partial charge is 0.497 e. The SMILES string of the molecule is [2H]c1c([2H])c(N2CCc3c(C(N)=O)nn(-c4ccc(OC([2H])([2H])[2H])cc4)c3C2=O)c([2H])c([2H])c1N1CC([2H])([2H])C([2H])([2H])CC1=O. The van der Waals surface area contributed by atoms with Crippen molar-refractivity contribution >= 4 is 29.1 Å². The van der Waals surface area contributed by atoms with Gasteiger partial charge in [0.15, 0.2) is 5.69 Å². The quantitative estimate of drug-likeness (QED) is 0.616. The minimum absolute atomic E-state index is 0.0111. The number of amides is 3. The number of hydrogen-bond donors (Lipinski definition) is 1. The molecule has 0 saturated carbocycles. The number of piperidine rings is 1. The van der Waals surface area contributed by atoms with Crippen LogP contribution in [0, 0.1) is 0 Å². The fraction of sp³-hybridized carbons (Fsp3) is 0.280. The number of ether oxygens (including phenoxy) is 1. The highest BCUT2D eigenvalue weighted by Gasteiger charge is 2.34. The summed E-state index contributed by atoms with van der Waals surface area (Å²) in [5.74, 6) is -2.73. The van der Waals surface area contributed by atoms with Crippen molar-refractivity contribution < 1.29 is 34.2 Å². The zero-order valence-corrected chi connectivity index (χ0v) is 17.6. The molecule has 9 nitrogen and oxygen atoms in total. The van der Waals surface area contributed by atoms with Gasteiger partial charge in [-0.3, -0.25) is 14.4 Å². The van der Waals surface area contributed by atoms with E-state index in [9.17, 15) is 14.4 Å². The third kappa shape index (κ3) is 3.68. The second kappa shape index (κ2) is 8.66. The molecule has 0 bridgehead atoms. The van der Waals surface area contributed by atoms with Crippen molar-refractivity contribution in [1.29, 1.82) is 0 Å². The normalized spacial score (nSPS) is 23.9. The summed E-state index contributed by atoms with van der Waals surface area (Å²) >= 11 is 0. The Kier molecular flexibility index (Phi) is 3.15. The number of primary amides is 1. The van der Waals surface area contributed by atoms with E-state index in [1.54, 1.807) is 0 Å². The minimum Gasteiger partial charge on any atom is -0.497 e. The van der Waals surface area contributed by atoms with Crippen LogP contribution < -0.4 is 20.3 Å². The summed E-state index contributed by atoms with van der Waals surface area (Å²) in [4.78, 5) is 40.7. The number of nitrogens with two attached hydrogens (primary N) is 1. The molecule has 1 fully saturated rings. The number of carbonyl (C=O) groups excluding carboxylic acids is 3. The average molecular weight is 471 g/mol. The Morgan fingerprint density at radius 1 is 1.03 bits per heavy atom. The van der Waals surface area contributed by atoms with Crippen molar-refractivity contribution in [1.82, 2.24) is 9.78 Å². The molecule has 0 unspecified atom stereocenters. The number of carbonyl (C=O) groups is 3. The molecule has 174 valence electrons. The first kappa shape index (κ1) is 12.4. The Bertz CT molecular complexity index is 1730. The summed E-state index contributed by atoms with van der Waals surface area (Å²) in [5.41, 5.74) is 4.53. The van der Waals surface area contributed by atoms with E-state index in [1.807, 2.05) is 0 Å². The van der Waals surface area contributed by atoms with Gasteiger partial charge in [0.2, 0.25) is 5.91 Å². The highest BCUT2D eigenvalue weighted by atomic mass is 16.5. The van der Waals surface area contributed by atoms with E-state index in [2.05, 4.69) is 5.10 Å².